The van der Waals surface area contributed by atoms with Crippen LogP contribution in [0, 0.1) is 0 Å². The Morgan fingerprint density at radius 1 is 0.714 bits per heavy atom. The van der Waals surface area contributed by atoms with E-state index >= 15 is 0 Å². The van der Waals surface area contributed by atoms with E-state index in [9.17, 15) is 44.3 Å². The van der Waals surface area contributed by atoms with E-state index in [-0.39, 0.29) is 17.9 Å². The third kappa shape index (κ3) is 7.43. The Balaban J connectivity index is 1.54. The summed E-state index contributed by atoms with van der Waals surface area (Å²) in [6.45, 7) is 0. The molecule has 1 aliphatic carbocycles. The van der Waals surface area contributed by atoms with E-state index in [0.717, 1.165) is 12.1 Å². The smallest absolute Gasteiger partial charge is 0.416 e. The summed E-state index contributed by atoms with van der Waals surface area (Å²) < 4.78 is 121. The van der Waals surface area contributed by atoms with E-state index in [2.05, 4.69) is 5.32 Å². The van der Waals surface area contributed by atoms with Crippen LogP contribution in [0.1, 0.15) is 42.4 Å². The van der Waals surface area contributed by atoms with Crippen LogP contribution in [0.4, 0.5) is 50.0 Å². The second-order valence-corrected chi connectivity index (χ2v) is 8.01. The van der Waals surface area contributed by atoms with Gasteiger partial charge in [0, 0.05) is 11.7 Å². The number of benzene rings is 2. The van der Waals surface area contributed by atoms with Crippen molar-refractivity contribution in [1.82, 2.24) is 5.32 Å². The minimum atomic E-state index is -5.04. The minimum absolute atomic E-state index is 0.0406. The van der Waals surface area contributed by atoms with Crippen LogP contribution in [-0.2, 0) is 18.5 Å². The van der Waals surface area contributed by atoms with Gasteiger partial charge < -0.3 is 15.4 Å². The summed E-state index contributed by atoms with van der Waals surface area (Å²) in [7, 11) is 0. The molecule has 3 rings (SSSR count). The van der Waals surface area contributed by atoms with Crippen molar-refractivity contribution in [2.24, 2.45) is 0 Å². The number of urea groups is 1. The molecule has 2 N–H and O–H groups in total. The summed E-state index contributed by atoms with van der Waals surface area (Å²) in [5.74, 6) is 0.247. The summed E-state index contributed by atoms with van der Waals surface area (Å²) in [5.41, 5.74) is -4.58. The number of hydrogen-bond donors (Lipinski definition) is 2. The standard InChI is InChI=1S/C22H19F9N2O2/c23-20(24,25)12-1-5-17(6-2-12)35-18-7-3-15(4-8-18)32-19(34)33-16-10-13(21(26,27)28)9-14(11-16)22(29,30)31/h1-2,5-6,9-11,15,18H,3-4,7-8H2,(H2,32,33,34)/t15-,18-. The lowest BCUT2D eigenvalue weighted by Gasteiger charge is -2.29. The van der Waals surface area contributed by atoms with Crippen LogP contribution in [0.15, 0.2) is 42.5 Å². The Bertz CT molecular complexity index is 991. The molecule has 1 saturated carbocycles. The van der Waals surface area contributed by atoms with Gasteiger partial charge in [0.15, 0.2) is 0 Å². The Kier molecular flexibility index (Phi) is 7.46. The Labute approximate surface area is 193 Å². The monoisotopic (exact) mass is 514 g/mol. The molecule has 0 radical (unpaired) electrons. The summed E-state index contributed by atoms with van der Waals surface area (Å²) in [5, 5.41) is 4.51. The molecule has 0 saturated heterocycles. The van der Waals surface area contributed by atoms with Gasteiger partial charge in [0.2, 0.25) is 0 Å². The second-order valence-electron chi connectivity index (χ2n) is 8.01. The van der Waals surface area contributed by atoms with Crippen molar-refractivity contribution >= 4 is 11.7 Å². The molecule has 2 aromatic carbocycles. The van der Waals surface area contributed by atoms with E-state index in [1.54, 1.807) is 0 Å². The summed E-state index contributed by atoms with van der Waals surface area (Å²) in [6.07, 6.45) is -13.3. The third-order valence-corrected chi connectivity index (χ3v) is 5.34. The zero-order chi connectivity index (χ0) is 26.0. The Morgan fingerprint density at radius 2 is 1.20 bits per heavy atom. The fraction of sp³-hybridized carbons (Fsp3) is 0.409. The van der Waals surface area contributed by atoms with Crippen molar-refractivity contribution in [3.05, 3.63) is 59.2 Å². The molecular weight excluding hydrogens is 495 g/mol. The van der Waals surface area contributed by atoms with Crippen molar-refractivity contribution in [2.45, 2.75) is 56.4 Å². The molecule has 2 amide bonds. The highest BCUT2D eigenvalue weighted by molar-refractivity contribution is 5.89. The van der Waals surface area contributed by atoms with E-state index < -0.39 is 53.0 Å². The fourth-order valence-electron chi connectivity index (χ4n) is 3.62. The Morgan fingerprint density at radius 3 is 1.66 bits per heavy atom. The van der Waals surface area contributed by atoms with E-state index in [1.807, 2.05) is 5.32 Å². The molecule has 0 bridgehead atoms. The molecule has 0 heterocycles. The number of rotatable bonds is 4. The average molecular weight is 514 g/mol. The number of halogens is 9. The number of nitrogens with one attached hydrogen (secondary N) is 2. The van der Waals surface area contributed by atoms with Gasteiger partial charge in [-0.05, 0) is 68.1 Å². The molecule has 1 aliphatic rings. The highest BCUT2D eigenvalue weighted by atomic mass is 19.4. The highest BCUT2D eigenvalue weighted by Gasteiger charge is 2.37. The van der Waals surface area contributed by atoms with Crippen molar-refractivity contribution in [3.63, 3.8) is 0 Å². The zero-order valence-electron chi connectivity index (χ0n) is 17.7. The third-order valence-electron chi connectivity index (χ3n) is 5.34. The topological polar surface area (TPSA) is 50.4 Å². The molecule has 192 valence electrons. The van der Waals surface area contributed by atoms with Crippen LogP contribution < -0.4 is 15.4 Å². The quantitative estimate of drug-likeness (QED) is 0.422. The normalized spacial score (nSPS) is 19.2. The minimum Gasteiger partial charge on any atom is -0.490 e. The molecule has 35 heavy (non-hydrogen) atoms. The first-order chi connectivity index (χ1) is 16.1. The molecule has 0 aliphatic heterocycles. The van der Waals surface area contributed by atoms with Crippen molar-refractivity contribution in [2.75, 3.05) is 5.32 Å². The summed E-state index contributed by atoms with van der Waals surface area (Å²) in [4.78, 5) is 12.2. The molecule has 13 heteroatoms. The predicted octanol–water partition coefficient (Wildman–Crippen LogP) is 7.25. The van der Waals surface area contributed by atoms with Crippen LogP contribution in [0.3, 0.4) is 0 Å². The van der Waals surface area contributed by atoms with Crippen molar-refractivity contribution < 1.29 is 49.0 Å². The number of anilines is 1. The largest absolute Gasteiger partial charge is 0.490 e. The van der Waals surface area contributed by atoms with Gasteiger partial charge in [-0.2, -0.15) is 39.5 Å². The number of hydrogen-bond acceptors (Lipinski definition) is 2. The van der Waals surface area contributed by atoms with Gasteiger partial charge in [0.25, 0.3) is 0 Å². The fourth-order valence-corrected chi connectivity index (χ4v) is 3.62. The molecule has 0 unspecified atom stereocenters. The lowest BCUT2D eigenvalue weighted by Crippen LogP contribution is -2.41. The number of ether oxygens (including phenoxy) is 1. The van der Waals surface area contributed by atoms with Crippen molar-refractivity contribution in [3.8, 4) is 5.75 Å². The van der Waals surface area contributed by atoms with Crippen molar-refractivity contribution in [1.29, 1.82) is 0 Å². The average Bonchev–Trinajstić information content (AvgIpc) is 2.73. The van der Waals surface area contributed by atoms with Crippen LogP contribution in [-0.4, -0.2) is 18.2 Å². The first-order valence-electron chi connectivity index (χ1n) is 10.3. The molecule has 0 aromatic heterocycles. The van der Waals surface area contributed by atoms with Crippen LogP contribution in [0.5, 0.6) is 5.75 Å². The molecule has 0 atom stereocenters. The number of amides is 2. The number of carbonyl (C=O) groups is 1. The molecule has 1 fully saturated rings. The van der Waals surface area contributed by atoms with E-state index in [0.29, 0.717) is 37.8 Å². The van der Waals surface area contributed by atoms with Crippen LogP contribution in [0.2, 0.25) is 0 Å². The molecular formula is C22H19F9N2O2. The van der Waals surface area contributed by atoms with Gasteiger partial charge in [-0.15, -0.1) is 0 Å². The Hall–Kier alpha value is -3.12. The lowest BCUT2D eigenvalue weighted by molar-refractivity contribution is -0.143. The maximum atomic E-state index is 13.0. The SMILES string of the molecule is O=C(Nc1cc(C(F)(F)F)cc(C(F)(F)F)c1)N[C@H]1CC[C@H](Oc2ccc(C(F)(F)F)cc2)CC1. The van der Waals surface area contributed by atoms with Gasteiger partial charge >= 0.3 is 24.6 Å². The van der Waals surface area contributed by atoms with Gasteiger partial charge in [0.1, 0.15) is 5.75 Å². The van der Waals surface area contributed by atoms with E-state index in [4.69, 9.17) is 4.74 Å². The molecule has 2 aromatic rings. The maximum Gasteiger partial charge on any atom is 0.416 e. The maximum absolute atomic E-state index is 13.0. The first kappa shape index (κ1) is 26.5. The van der Waals surface area contributed by atoms with Gasteiger partial charge in [-0.3, -0.25) is 0 Å². The predicted molar refractivity (Wildman–Crippen MR) is 107 cm³/mol. The second kappa shape index (κ2) is 9.86. The van der Waals surface area contributed by atoms with Crippen LogP contribution >= 0.6 is 0 Å². The van der Waals surface area contributed by atoms with Gasteiger partial charge in [0.05, 0.1) is 22.8 Å². The van der Waals surface area contributed by atoms with E-state index in [1.165, 1.54) is 12.1 Å². The number of alkyl halides is 9. The van der Waals surface area contributed by atoms with Crippen LogP contribution in [0.25, 0.3) is 0 Å². The molecule has 0 spiro atoms. The lowest BCUT2D eigenvalue weighted by atomic mass is 9.93. The highest BCUT2D eigenvalue weighted by Crippen LogP contribution is 2.37. The first-order valence-corrected chi connectivity index (χ1v) is 10.3. The number of carbonyl (C=O) groups excluding carboxylic acids is 1. The van der Waals surface area contributed by atoms with Gasteiger partial charge in [-0.25, -0.2) is 4.79 Å². The van der Waals surface area contributed by atoms with Gasteiger partial charge in [-0.1, -0.05) is 0 Å². The summed E-state index contributed by atoms with van der Waals surface area (Å²) >= 11 is 0. The zero-order valence-corrected chi connectivity index (χ0v) is 17.7. The molecule has 4 nitrogen and oxygen atoms in total. The summed E-state index contributed by atoms with van der Waals surface area (Å²) in [6, 6.07) is 3.57.